The Morgan fingerprint density at radius 3 is 3.00 bits per heavy atom. The predicted molar refractivity (Wildman–Crippen MR) is 71.2 cm³/mol. The van der Waals surface area contributed by atoms with E-state index in [1.54, 1.807) is 0 Å². The van der Waals surface area contributed by atoms with Crippen LogP contribution < -0.4 is 0 Å². The van der Waals surface area contributed by atoms with Gasteiger partial charge in [0.25, 0.3) is 0 Å². The van der Waals surface area contributed by atoms with E-state index in [1.165, 1.54) is 0 Å². The summed E-state index contributed by atoms with van der Waals surface area (Å²) in [5.41, 5.74) is 2.99. The Labute approximate surface area is 110 Å². The van der Waals surface area contributed by atoms with Crippen LogP contribution >= 0.6 is 11.6 Å². The third-order valence-electron chi connectivity index (χ3n) is 3.72. The van der Waals surface area contributed by atoms with Crippen LogP contribution in [0.4, 0.5) is 0 Å². The van der Waals surface area contributed by atoms with E-state index < -0.39 is 11.9 Å². The smallest absolute Gasteiger partial charge is 0.312 e. The quantitative estimate of drug-likeness (QED) is 0.771. The van der Waals surface area contributed by atoms with Crippen LogP contribution in [0, 0.1) is 0 Å². The van der Waals surface area contributed by atoms with E-state index in [-0.39, 0.29) is 0 Å². The first-order chi connectivity index (χ1) is 8.66. The molecule has 1 aromatic heterocycles. The molecule has 3 nitrogen and oxygen atoms in total. The number of fused-ring (bicyclic) bond motifs is 3. The number of halogens is 1. The molecule has 0 saturated carbocycles. The zero-order valence-electron chi connectivity index (χ0n) is 9.87. The number of nitrogens with one attached hydrogen (secondary N) is 1. The molecule has 0 spiro atoms. The van der Waals surface area contributed by atoms with Crippen LogP contribution in [0.25, 0.3) is 10.9 Å². The molecule has 2 N–H and O–H groups in total. The van der Waals surface area contributed by atoms with Crippen molar-refractivity contribution in [1.29, 1.82) is 0 Å². The van der Waals surface area contributed by atoms with E-state index in [4.69, 9.17) is 11.6 Å². The van der Waals surface area contributed by atoms with Crippen molar-refractivity contribution in [1.82, 2.24) is 4.98 Å². The number of aromatic amines is 1. The second kappa shape index (κ2) is 4.32. The Hall–Kier alpha value is -1.48. The minimum atomic E-state index is -0.740. The first-order valence-electron chi connectivity index (χ1n) is 6.19. The fraction of sp³-hybridized carbons (Fsp3) is 0.357. The van der Waals surface area contributed by atoms with Crippen LogP contribution in [0.3, 0.4) is 0 Å². The van der Waals surface area contributed by atoms with Gasteiger partial charge in [0, 0.05) is 21.6 Å². The van der Waals surface area contributed by atoms with Gasteiger partial charge in [0.05, 0.1) is 5.92 Å². The highest BCUT2D eigenvalue weighted by Gasteiger charge is 2.27. The van der Waals surface area contributed by atoms with Crippen LogP contribution in [-0.4, -0.2) is 16.1 Å². The van der Waals surface area contributed by atoms with Crippen molar-refractivity contribution in [2.45, 2.75) is 31.6 Å². The van der Waals surface area contributed by atoms with E-state index in [1.807, 2.05) is 18.2 Å². The Kier molecular flexibility index (Phi) is 2.78. The minimum Gasteiger partial charge on any atom is -0.481 e. The highest BCUT2D eigenvalue weighted by Crippen LogP contribution is 2.35. The molecule has 0 bridgehead atoms. The number of benzene rings is 1. The van der Waals surface area contributed by atoms with Crippen molar-refractivity contribution < 1.29 is 9.90 Å². The number of hydrogen-bond donors (Lipinski definition) is 2. The molecule has 2 aromatic rings. The topological polar surface area (TPSA) is 53.1 Å². The van der Waals surface area contributed by atoms with Crippen molar-refractivity contribution in [3.63, 3.8) is 0 Å². The van der Waals surface area contributed by atoms with E-state index in [9.17, 15) is 9.90 Å². The number of carboxylic acid groups (broad SMARTS) is 1. The van der Waals surface area contributed by atoms with Crippen molar-refractivity contribution >= 4 is 28.5 Å². The summed E-state index contributed by atoms with van der Waals surface area (Å²) >= 11 is 6.03. The summed E-state index contributed by atoms with van der Waals surface area (Å²) in [5, 5.41) is 11.1. The van der Waals surface area contributed by atoms with Crippen LogP contribution in [-0.2, 0) is 11.2 Å². The van der Waals surface area contributed by atoms with Crippen LogP contribution in [0.5, 0.6) is 0 Å². The summed E-state index contributed by atoms with van der Waals surface area (Å²) in [6.07, 6.45) is 3.64. The number of hydrogen-bond acceptors (Lipinski definition) is 1. The molecule has 94 valence electrons. The number of aromatic nitrogens is 1. The summed E-state index contributed by atoms with van der Waals surface area (Å²) in [5.74, 6) is -1.15. The van der Waals surface area contributed by atoms with Crippen molar-refractivity contribution in [2.75, 3.05) is 0 Å². The highest BCUT2D eigenvalue weighted by atomic mass is 35.5. The molecule has 18 heavy (non-hydrogen) atoms. The standard InChI is InChI=1S/C14H14ClNO2/c15-8-5-6-12-11(7-8)9-3-1-2-4-10(14(17)18)13(9)16-12/h5-7,10,16H,1-4H2,(H,17,18). The number of carbonyl (C=O) groups is 1. The average molecular weight is 264 g/mol. The van der Waals surface area contributed by atoms with E-state index in [0.717, 1.165) is 41.4 Å². The molecule has 0 fully saturated rings. The second-order valence-electron chi connectivity index (χ2n) is 4.84. The zero-order valence-corrected chi connectivity index (χ0v) is 10.6. The fourth-order valence-corrected chi connectivity index (χ4v) is 3.02. The molecule has 1 aromatic carbocycles. The fourth-order valence-electron chi connectivity index (χ4n) is 2.85. The molecule has 1 unspecified atom stereocenters. The molecular weight excluding hydrogens is 250 g/mol. The number of H-pyrrole nitrogens is 1. The predicted octanol–water partition coefficient (Wildman–Crippen LogP) is 3.72. The number of carboxylic acids is 1. The molecule has 0 saturated heterocycles. The maximum Gasteiger partial charge on any atom is 0.312 e. The van der Waals surface area contributed by atoms with Gasteiger partial charge in [-0.15, -0.1) is 0 Å². The average Bonchev–Trinajstić information content (AvgIpc) is 2.55. The van der Waals surface area contributed by atoms with Gasteiger partial charge in [-0.25, -0.2) is 0 Å². The first kappa shape index (κ1) is 11.6. The maximum atomic E-state index is 11.4. The summed E-state index contributed by atoms with van der Waals surface area (Å²) in [4.78, 5) is 14.6. The molecule has 4 heteroatoms. The lowest BCUT2D eigenvalue weighted by molar-refractivity contribution is -0.139. The molecule has 1 aliphatic rings. The summed E-state index contributed by atoms with van der Waals surface area (Å²) in [6.45, 7) is 0. The molecule has 1 heterocycles. The van der Waals surface area contributed by atoms with Gasteiger partial charge < -0.3 is 10.1 Å². The summed E-state index contributed by atoms with van der Waals surface area (Å²) < 4.78 is 0. The lowest BCUT2D eigenvalue weighted by atomic mass is 9.99. The van der Waals surface area contributed by atoms with Gasteiger partial charge in [-0.05, 0) is 43.0 Å². The molecule has 0 radical (unpaired) electrons. The van der Waals surface area contributed by atoms with Gasteiger partial charge in [0.15, 0.2) is 0 Å². The van der Waals surface area contributed by atoms with Crippen molar-refractivity contribution in [3.8, 4) is 0 Å². The van der Waals surface area contributed by atoms with E-state index >= 15 is 0 Å². The van der Waals surface area contributed by atoms with Gasteiger partial charge >= 0.3 is 5.97 Å². The van der Waals surface area contributed by atoms with Crippen LogP contribution in [0.15, 0.2) is 18.2 Å². The Morgan fingerprint density at radius 2 is 2.22 bits per heavy atom. The largest absolute Gasteiger partial charge is 0.481 e. The van der Waals surface area contributed by atoms with E-state index in [2.05, 4.69) is 4.98 Å². The van der Waals surface area contributed by atoms with Gasteiger partial charge in [-0.1, -0.05) is 18.0 Å². The number of aryl methyl sites for hydroxylation is 1. The molecule has 1 aliphatic carbocycles. The van der Waals surface area contributed by atoms with Crippen LogP contribution in [0.2, 0.25) is 5.02 Å². The SMILES string of the molecule is O=C(O)C1CCCCc2c1[nH]c1ccc(Cl)cc21. The van der Waals surface area contributed by atoms with Gasteiger partial charge in [-0.3, -0.25) is 4.79 Å². The minimum absolute atomic E-state index is 0.409. The Bertz CT molecular complexity index is 618. The normalized spacial score (nSPS) is 19.5. The second-order valence-corrected chi connectivity index (χ2v) is 5.28. The molecule has 0 aliphatic heterocycles. The van der Waals surface area contributed by atoms with Gasteiger partial charge in [0.2, 0.25) is 0 Å². The Morgan fingerprint density at radius 1 is 1.39 bits per heavy atom. The third kappa shape index (κ3) is 1.79. The number of rotatable bonds is 1. The number of aliphatic carboxylic acids is 1. The molecule has 0 amide bonds. The third-order valence-corrected chi connectivity index (χ3v) is 3.95. The summed E-state index contributed by atoms with van der Waals surface area (Å²) in [7, 11) is 0. The zero-order chi connectivity index (χ0) is 12.7. The van der Waals surface area contributed by atoms with E-state index in [0.29, 0.717) is 11.4 Å². The molecular formula is C14H14ClNO2. The molecule has 3 rings (SSSR count). The van der Waals surface area contributed by atoms with Crippen LogP contribution in [0.1, 0.15) is 36.4 Å². The summed E-state index contributed by atoms with van der Waals surface area (Å²) in [6, 6.07) is 5.68. The maximum absolute atomic E-state index is 11.4. The lowest BCUT2D eigenvalue weighted by Crippen LogP contribution is -2.12. The van der Waals surface area contributed by atoms with Crippen molar-refractivity contribution in [3.05, 3.63) is 34.5 Å². The Balaban J connectivity index is 2.24. The first-order valence-corrected chi connectivity index (χ1v) is 6.57. The highest BCUT2D eigenvalue weighted by molar-refractivity contribution is 6.31. The van der Waals surface area contributed by atoms with Crippen molar-refractivity contribution in [2.24, 2.45) is 0 Å². The molecule has 1 atom stereocenters. The monoisotopic (exact) mass is 263 g/mol. The van der Waals surface area contributed by atoms with Gasteiger partial charge in [-0.2, -0.15) is 0 Å². The van der Waals surface area contributed by atoms with Gasteiger partial charge in [0.1, 0.15) is 0 Å². The lowest BCUT2D eigenvalue weighted by Gasteiger charge is -2.08.